The molecule has 0 saturated carbocycles. The highest BCUT2D eigenvalue weighted by atomic mass is 35.5. The molecule has 8 rings (SSSR count). The van der Waals surface area contributed by atoms with Gasteiger partial charge in [0.2, 0.25) is 11.2 Å². The maximum absolute atomic E-state index is 10.9. The van der Waals surface area contributed by atoms with Crippen LogP contribution >= 0.6 is 69.6 Å². The molecule has 0 spiro atoms. The Labute approximate surface area is 380 Å². The second-order valence-electron chi connectivity index (χ2n) is 14.3. The summed E-state index contributed by atoms with van der Waals surface area (Å²) in [4.78, 5) is 0. The molecular formula is C44H37Cl6N9O2. The Morgan fingerprint density at radius 1 is 0.623 bits per heavy atom. The highest BCUT2D eigenvalue weighted by Crippen LogP contribution is 2.29. The molecule has 3 aromatic heterocycles. The number of hydrogen-bond acceptors (Lipinski definition) is 6. The second kappa shape index (κ2) is 18.9. The van der Waals surface area contributed by atoms with Crippen LogP contribution in [0.5, 0.6) is 0 Å². The largest absolute Gasteiger partial charge is 0.387 e. The summed E-state index contributed by atoms with van der Waals surface area (Å²) in [6.07, 6.45) is 5.55. The average molecular weight is 937 g/mol. The average Bonchev–Trinajstić information content (AvgIpc) is 3.85. The summed E-state index contributed by atoms with van der Waals surface area (Å²) in [5.74, 6) is 2.54. The van der Waals surface area contributed by atoms with E-state index in [0.29, 0.717) is 60.0 Å². The molecule has 0 saturated heterocycles. The zero-order valence-corrected chi connectivity index (χ0v) is 36.9. The first-order chi connectivity index (χ1) is 29.2. The highest BCUT2D eigenvalue weighted by molar-refractivity contribution is 6.42. The van der Waals surface area contributed by atoms with Crippen LogP contribution in [0.1, 0.15) is 40.2 Å². The van der Waals surface area contributed by atoms with E-state index in [-0.39, 0.29) is 30.9 Å². The third-order valence-electron chi connectivity index (χ3n) is 10.0. The van der Waals surface area contributed by atoms with E-state index >= 15 is 0 Å². The zero-order chi connectivity index (χ0) is 43.5. The molecule has 4 N–H and O–H groups in total. The standard InChI is InChI=1S/C26H23Cl3N6O.C18H14Cl3N3O/c1-16-3-2-4-17(9-16)12-33-13-20(31-32-33)14-34-24-11-19(27)6-8-23(24)35(26(34)30)15-25(36)18-5-7-21(28)22(29)10-18;1-2-7-23-16-9-12(19)4-6-15(16)24(18(23)22)10-17(25)11-3-5-13(20)14(21)8-11/h2-11,13,25,30,36H,12,14-15H2,1H3;1,3-6,8-9,17,22,25H,7,10H2. The molecule has 0 radical (unpaired) electrons. The lowest BCUT2D eigenvalue weighted by molar-refractivity contribution is 0.155. The van der Waals surface area contributed by atoms with Gasteiger partial charge in [0.25, 0.3) is 0 Å². The smallest absolute Gasteiger partial charge is 0.203 e. The summed E-state index contributed by atoms with van der Waals surface area (Å²) >= 11 is 36.5. The molecule has 0 aliphatic carbocycles. The van der Waals surface area contributed by atoms with Crippen molar-refractivity contribution in [3.05, 3.63) is 173 Å². The number of imidazole rings is 2. The summed E-state index contributed by atoms with van der Waals surface area (Å²) in [6.45, 7) is 3.57. The predicted octanol–water partition coefficient (Wildman–Crippen LogP) is 9.86. The van der Waals surface area contributed by atoms with E-state index in [2.05, 4.69) is 41.4 Å². The van der Waals surface area contributed by atoms with E-state index in [1.807, 2.05) is 35.0 Å². The van der Waals surface area contributed by atoms with Gasteiger partial charge in [-0.3, -0.25) is 15.4 Å². The predicted molar refractivity (Wildman–Crippen MR) is 243 cm³/mol. The summed E-state index contributed by atoms with van der Waals surface area (Å²) in [6, 6.07) is 29.0. The Hall–Kier alpha value is -5.00. The van der Waals surface area contributed by atoms with Crippen molar-refractivity contribution < 1.29 is 10.2 Å². The van der Waals surface area contributed by atoms with Gasteiger partial charge in [0.05, 0.1) is 93.3 Å². The monoisotopic (exact) mass is 933 g/mol. The van der Waals surface area contributed by atoms with E-state index in [1.54, 1.807) is 73.0 Å². The Morgan fingerprint density at radius 2 is 1.16 bits per heavy atom. The van der Waals surface area contributed by atoms with Gasteiger partial charge < -0.3 is 23.9 Å². The van der Waals surface area contributed by atoms with Crippen LogP contribution < -0.4 is 11.2 Å². The number of aryl methyl sites for hydroxylation is 1. The van der Waals surface area contributed by atoms with Crippen LogP contribution in [-0.2, 0) is 32.7 Å². The van der Waals surface area contributed by atoms with Gasteiger partial charge in [0.1, 0.15) is 5.69 Å². The second-order valence-corrected chi connectivity index (χ2v) is 16.8. The number of hydrogen-bond donors (Lipinski definition) is 4. The lowest BCUT2D eigenvalue weighted by atomic mass is 10.1. The molecule has 11 nitrogen and oxygen atoms in total. The quantitative estimate of drug-likeness (QED) is 0.0960. The normalized spacial score (nSPS) is 12.3. The Bertz CT molecular complexity index is 3070. The van der Waals surface area contributed by atoms with Crippen molar-refractivity contribution in [1.82, 2.24) is 33.3 Å². The highest BCUT2D eigenvalue weighted by Gasteiger charge is 2.19. The van der Waals surface area contributed by atoms with Crippen molar-refractivity contribution >= 4 is 91.7 Å². The van der Waals surface area contributed by atoms with Gasteiger partial charge in [-0.15, -0.1) is 11.5 Å². The maximum atomic E-state index is 10.9. The fourth-order valence-corrected chi connectivity index (χ4v) is 8.00. The first-order valence-corrected chi connectivity index (χ1v) is 21.0. The maximum Gasteiger partial charge on any atom is 0.203 e. The molecule has 61 heavy (non-hydrogen) atoms. The Balaban J connectivity index is 0.000000197. The number of rotatable bonds is 11. The van der Waals surface area contributed by atoms with E-state index in [1.165, 1.54) is 5.56 Å². The number of halogens is 6. The van der Waals surface area contributed by atoms with Crippen molar-refractivity contribution in [2.24, 2.45) is 0 Å². The number of terminal acetylenes is 1. The molecular weight excluding hydrogens is 899 g/mol. The first kappa shape index (κ1) is 44.1. The molecule has 2 atom stereocenters. The van der Waals surface area contributed by atoms with Gasteiger partial charge in [-0.25, -0.2) is 4.68 Å². The lowest BCUT2D eigenvalue weighted by Crippen LogP contribution is -2.27. The molecule has 5 aromatic carbocycles. The SMILES string of the molecule is C#CCn1c(=N)n(CC(O)c2ccc(Cl)c(Cl)c2)c2ccc(Cl)cc21.Cc1cccc(Cn2cc(Cn3c(=N)n(CC(O)c4ccc(Cl)c(Cl)c4)c4ccc(Cl)cc43)nn2)c1. The van der Waals surface area contributed by atoms with Gasteiger partial charge in [-0.2, -0.15) is 0 Å². The van der Waals surface area contributed by atoms with Crippen LogP contribution in [-0.4, -0.2) is 43.5 Å². The molecule has 8 aromatic rings. The van der Waals surface area contributed by atoms with E-state index in [4.69, 9.17) is 86.8 Å². The summed E-state index contributed by atoms with van der Waals surface area (Å²) in [5, 5.41) is 50.1. The van der Waals surface area contributed by atoms with Crippen LogP contribution in [0.4, 0.5) is 0 Å². The van der Waals surface area contributed by atoms with Crippen molar-refractivity contribution in [3.63, 3.8) is 0 Å². The zero-order valence-electron chi connectivity index (χ0n) is 32.4. The van der Waals surface area contributed by atoms with Crippen LogP contribution in [0.25, 0.3) is 22.1 Å². The molecule has 3 heterocycles. The van der Waals surface area contributed by atoms with Gasteiger partial charge in [0.15, 0.2) is 0 Å². The molecule has 0 amide bonds. The molecule has 0 aliphatic heterocycles. The first-order valence-electron chi connectivity index (χ1n) is 18.7. The third-order valence-corrected chi connectivity index (χ3v) is 12.0. The minimum Gasteiger partial charge on any atom is -0.387 e. The van der Waals surface area contributed by atoms with Crippen LogP contribution in [0, 0.1) is 30.1 Å². The van der Waals surface area contributed by atoms with Crippen molar-refractivity contribution in [1.29, 1.82) is 10.8 Å². The topological polar surface area (TPSA) is 139 Å². The number of nitrogens with one attached hydrogen (secondary N) is 2. The molecule has 312 valence electrons. The van der Waals surface area contributed by atoms with Crippen LogP contribution in [0.3, 0.4) is 0 Å². The van der Waals surface area contributed by atoms with Crippen LogP contribution in [0.2, 0.25) is 30.1 Å². The van der Waals surface area contributed by atoms with E-state index in [0.717, 1.165) is 27.6 Å². The number of aromatic nitrogens is 7. The molecule has 0 bridgehead atoms. The number of benzene rings is 5. The molecule has 17 heteroatoms. The summed E-state index contributed by atoms with van der Waals surface area (Å²) in [7, 11) is 0. The lowest BCUT2D eigenvalue weighted by Gasteiger charge is -2.13. The number of aliphatic hydroxyl groups excluding tert-OH is 2. The van der Waals surface area contributed by atoms with Crippen molar-refractivity contribution in [2.45, 2.75) is 51.9 Å². The molecule has 0 aliphatic rings. The minimum atomic E-state index is -0.890. The van der Waals surface area contributed by atoms with Crippen LogP contribution in [0.15, 0.2) is 103 Å². The molecule has 2 unspecified atom stereocenters. The minimum absolute atomic E-state index is 0.155. The van der Waals surface area contributed by atoms with E-state index in [9.17, 15) is 10.2 Å². The summed E-state index contributed by atoms with van der Waals surface area (Å²) < 4.78 is 8.70. The molecule has 0 fully saturated rings. The number of nitrogens with zero attached hydrogens (tertiary/aromatic N) is 7. The van der Waals surface area contributed by atoms with Gasteiger partial charge in [-0.05, 0) is 84.3 Å². The Kier molecular flexibility index (Phi) is 13.7. The van der Waals surface area contributed by atoms with Gasteiger partial charge in [-0.1, -0.05) is 123 Å². The summed E-state index contributed by atoms with van der Waals surface area (Å²) in [5.41, 5.74) is 7.73. The fraction of sp³-hybridized carbons (Fsp3) is 0.182. The van der Waals surface area contributed by atoms with E-state index < -0.39 is 12.2 Å². The number of fused-ring (bicyclic) bond motifs is 2. The van der Waals surface area contributed by atoms with Gasteiger partial charge in [0, 0.05) is 10.0 Å². The van der Waals surface area contributed by atoms with Crippen molar-refractivity contribution in [2.75, 3.05) is 0 Å². The van der Waals surface area contributed by atoms with Crippen molar-refractivity contribution in [3.8, 4) is 12.3 Å². The fourth-order valence-electron chi connectivity index (χ4n) is 7.05. The number of aliphatic hydroxyl groups is 2. The van der Waals surface area contributed by atoms with Gasteiger partial charge >= 0.3 is 0 Å². The third kappa shape index (κ3) is 9.89. The Morgan fingerprint density at radius 3 is 1.69 bits per heavy atom.